The van der Waals surface area contributed by atoms with Crippen LogP contribution in [0, 0.1) is 5.41 Å². The Bertz CT molecular complexity index is 292. The number of rotatable bonds is 2. The number of alkyl halides is 2. The summed E-state index contributed by atoms with van der Waals surface area (Å²) in [5.41, 5.74) is 0. The topological polar surface area (TPSA) is 56.5 Å². The van der Waals surface area contributed by atoms with Crippen LogP contribution in [0.25, 0.3) is 0 Å². The van der Waals surface area contributed by atoms with Crippen LogP contribution in [0.1, 0.15) is 12.8 Å². The van der Waals surface area contributed by atoms with Crippen LogP contribution in [-0.4, -0.2) is 42.4 Å². The van der Waals surface area contributed by atoms with Crippen LogP contribution in [0.2, 0.25) is 0 Å². The van der Waals surface area contributed by atoms with Crippen LogP contribution in [0.4, 0.5) is 8.78 Å². The fraction of sp³-hybridized carbons (Fsp3) is 0.500. The summed E-state index contributed by atoms with van der Waals surface area (Å²) < 4.78 is 25.4. The molecule has 1 rings (SSSR count). The van der Waals surface area contributed by atoms with Gasteiger partial charge in [0.15, 0.2) is 0 Å². The summed E-state index contributed by atoms with van der Waals surface area (Å²) in [5.74, 6) is -3.45. The number of hydrogen-bond donors (Lipinski definition) is 1. The van der Waals surface area contributed by atoms with Crippen LogP contribution in [0.5, 0.6) is 0 Å². The summed E-state index contributed by atoms with van der Waals surface area (Å²) in [6, 6.07) is 0. The fourth-order valence-corrected chi connectivity index (χ4v) is 1.26. The summed E-state index contributed by atoms with van der Waals surface area (Å²) in [7, 11) is 0. The van der Waals surface area contributed by atoms with Crippen molar-refractivity contribution in [1.29, 1.82) is 5.41 Å². The third kappa shape index (κ3) is 4.29. The predicted octanol–water partition coefficient (Wildman–Crippen LogP) is 1.72. The molecule has 1 aliphatic heterocycles. The molecule has 0 saturated carbocycles. The Balaban J connectivity index is 0.00000106. The van der Waals surface area contributed by atoms with Gasteiger partial charge in [0.25, 0.3) is 5.92 Å². The molecule has 1 amide bonds. The van der Waals surface area contributed by atoms with E-state index in [0.717, 1.165) is 4.90 Å². The molecule has 0 aliphatic carbocycles. The van der Waals surface area contributed by atoms with Crippen molar-refractivity contribution in [2.24, 2.45) is 4.99 Å². The van der Waals surface area contributed by atoms with E-state index in [0.29, 0.717) is 0 Å². The molecule has 6 heteroatoms. The van der Waals surface area contributed by atoms with Crippen LogP contribution in [-0.2, 0) is 4.79 Å². The van der Waals surface area contributed by atoms with Crippen LogP contribution in [0.15, 0.2) is 18.2 Å². The number of hydrogen-bond acceptors (Lipinski definition) is 2. The zero-order valence-electron chi connectivity index (χ0n) is 9.01. The average Bonchev–Trinajstić information content (AvgIpc) is 2.61. The van der Waals surface area contributed by atoms with Gasteiger partial charge in [0.1, 0.15) is 5.84 Å². The second kappa shape index (κ2) is 6.09. The maximum absolute atomic E-state index is 12.7. The van der Waals surface area contributed by atoms with Crippen molar-refractivity contribution >= 4 is 18.5 Å². The maximum Gasteiger partial charge on any atom is 0.267 e. The zero-order valence-corrected chi connectivity index (χ0v) is 9.01. The molecule has 0 atom stereocenters. The van der Waals surface area contributed by atoms with Crippen molar-refractivity contribution in [3.8, 4) is 0 Å². The lowest BCUT2D eigenvalue weighted by Gasteiger charge is -2.15. The second-order valence-corrected chi connectivity index (χ2v) is 3.20. The van der Waals surface area contributed by atoms with E-state index in [2.05, 4.69) is 24.9 Å². The van der Waals surface area contributed by atoms with Gasteiger partial charge in [-0.05, 0) is 6.72 Å². The highest BCUT2D eigenvalue weighted by molar-refractivity contribution is 6.00. The van der Waals surface area contributed by atoms with Gasteiger partial charge < -0.3 is 4.90 Å². The van der Waals surface area contributed by atoms with Gasteiger partial charge in [-0.15, -0.1) is 13.2 Å². The Morgan fingerprint density at radius 1 is 1.50 bits per heavy atom. The molecule has 0 unspecified atom stereocenters. The highest BCUT2D eigenvalue weighted by atomic mass is 19.3. The number of aliphatic imine (C=N–C) groups is 1. The minimum atomic E-state index is -2.78. The largest absolute Gasteiger partial charge is 0.336 e. The Morgan fingerprint density at radius 3 is 2.44 bits per heavy atom. The van der Waals surface area contributed by atoms with E-state index >= 15 is 0 Å². The summed E-state index contributed by atoms with van der Waals surface area (Å²) in [4.78, 5) is 15.6. The Morgan fingerprint density at radius 2 is 2.06 bits per heavy atom. The van der Waals surface area contributed by atoms with Crippen molar-refractivity contribution < 1.29 is 13.6 Å². The summed E-state index contributed by atoms with van der Waals surface area (Å²) in [6.07, 6.45) is -0.548. The minimum absolute atomic E-state index is 0.0518. The molecule has 0 aromatic rings. The Labute approximate surface area is 93.2 Å². The standard InChI is InChI=1S/C8H11F2N3O.C2H4/c1-12-6(11)4-7(14)13-3-2-8(9,10)5-13;1-2/h11H,1-5H2;1-2H2. The normalized spacial score (nSPS) is 17.2. The monoisotopic (exact) mass is 231 g/mol. The average molecular weight is 231 g/mol. The van der Waals surface area contributed by atoms with Gasteiger partial charge in [-0.25, -0.2) is 13.8 Å². The molecule has 16 heavy (non-hydrogen) atoms. The number of amidine groups is 1. The molecule has 1 N–H and O–H groups in total. The first-order chi connectivity index (χ1) is 7.44. The molecule has 1 aliphatic rings. The van der Waals surface area contributed by atoms with Crippen molar-refractivity contribution in [2.45, 2.75) is 18.8 Å². The number of carbonyl (C=O) groups excluding carboxylic acids is 1. The van der Waals surface area contributed by atoms with Crippen molar-refractivity contribution in [3.63, 3.8) is 0 Å². The van der Waals surface area contributed by atoms with Gasteiger partial charge in [-0.3, -0.25) is 10.2 Å². The first-order valence-electron chi connectivity index (χ1n) is 4.64. The molecule has 4 nitrogen and oxygen atoms in total. The molecule has 90 valence electrons. The van der Waals surface area contributed by atoms with E-state index in [1.807, 2.05) is 0 Å². The fourth-order valence-electron chi connectivity index (χ4n) is 1.26. The first kappa shape index (κ1) is 14.4. The van der Waals surface area contributed by atoms with Gasteiger partial charge in [-0.1, -0.05) is 0 Å². The quantitative estimate of drug-likeness (QED) is 0.439. The van der Waals surface area contributed by atoms with E-state index in [4.69, 9.17) is 5.41 Å². The number of amides is 1. The lowest BCUT2D eigenvalue weighted by Crippen LogP contribution is -2.32. The van der Waals surface area contributed by atoms with E-state index in [1.165, 1.54) is 0 Å². The molecule has 0 bridgehead atoms. The van der Waals surface area contributed by atoms with Gasteiger partial charge >= 0.3 is 0 Å². The molecule has 0 spiro atoms. The van der Waals surface area contributed by atoms with Crippen LogP contribution >= 0.6 is 0 Å². The van der Waals surface area contributed by atoms with Crippen LogP contribution < -0.4 is 0 Å². The van der Waals surface area contributed by atoms with Crippen molar-refractivity contribution in [2.75, 3.05) is 13.1 Å². The zero-order chi connectivity index (χ0) is 12.8. The molecule has 0 aromatic heterocycles. The number of nitrogens with one attached hydrogen (secondary N) is 1. The number of halogens is 2. The Hall–Kier alpha value is -1.59. The highest BCUT2D eigenvalue weighted by Gasteiger charge is 2.40. The lowest BCUT2D eigenvalue weighted by molar-refractivity contribution is -0.130. The Kier molecular flexibility index (Phi) is 5.49. The molecule has 1 saturated heterocycles. The highest BCUT2D eigenvalue weighted by Crippen LogP contribution is 2.26. The third-order valence-electron chi connectivity index (χ3n) is 2.03. The number of nitrogens with zero attached hydrogens (tertiary/aromatic N) is 2. The summed E-state index contributed by atoms with van der Waals surface area (Å²) in [5, 5.41) is 7.07. The third-order valence-corrected chi connectivity index (χ3v) is 2.03. The SMILES string of the molecule is C=C.C=NC(=N)CC(=O)N1CCC(F)(F)C1. The van der Waals surface area contributed by atoms with Gasteiger partial charge in [0.2, 0.25) is 5.91 Å². The smallest absolute Gasteiger partial charge is 0.267 e. The summed E-state index contributed by atoms with van der Waals surface area (Å²) >= 11 is 0. The van der Waals surface area contributed by atoms with Gasteiger partial charge in [-0.2, -0.15) is 0 Å². The molecular formula is C10H15F2N3O. The number of likely N-dealkylation sites (tertiary alicyclic amines) is 1. The first-order valence-corrected chi connectivity index (χ1v) is 4.64. The van der Waals surface area contributed by atoms with E-state index in [1.54, 1.807) is 0 Å². The molecule has 1 fully saturated rings. The van der Waals surface area contributed by atoms with Gasteiger partial charge in [0, 0.05) is 13.0 Å². The maximum atomic E-state index is 12.7. The summed E-state index contributed by atoms with van der Waals surface area (Å²) in [6.45, 7) is 8.58. The second-order valence-electron chi connectivity index (χ2n) is 3.20. The molecule has 1 heterocycles. The van der Waals surface area contributed by atoms with Crippen molar-refractivity contribution in [3.05, 3.63) is 13.2 Å². The van der Waals surface area contributed by atoms with E-state index < -0.39 is 18.4 Å². The molecular weight excluding hydrogens is 216 g/mol. The van der Waals surface area contributed by atoms with E-state index in [9.17, 15) is 13.6 Å². The van der Waals surface area contributed by atoms with Gasteiger partial charge in [0.05, 0.1) is 13.0 Å². The van der Waals surface area contributed by atoms with Crippen molar-refractivity contribution in [1.82, 2.24) is 4.90 Å². The minimum Gasteiger partial charge on any atom is -0.336 e. The number of carbonyl (C=O) groups is 1. The lowest BCUT2D eigenvalue weighted by atomic mass is 10.3. The van der Waals surface area contributed by atoms with Crippen LogP contribution in [0.3, 0.4) is 0 Å². The predicted molar refractivity (Wildman–Crippen MR) is 59.3 cm³/mol. The van der Waals surface area contributed by atoms with E-state index in [-0.39, 0.29) is 25.2 Å². The molecule has 0 aromatic carbocycles. The molecule has 0 radical (unpaired) electrons.